The quantitative estimate of drug-likeness (QED) is 0.815. The lowest BCUT2D eigenvalue weighted by atomic mass is 10.1. The number of rotatable bonds is 3. The van der Waals surface area contributed by atoms with E-state index in [0.717, 1.165) is 23.3 Å². The van der Waals surface area contributed by atoms with Gasteiger partial charge in [-0.1, -0.05) is 35.9 Å². The van der Waals surface area contributed by atoms with E-state index >= 15 is 0 Å². The molecule has 1 atom stereocenters. The normalized spacial score (nSPS) is 13.1. The van der Waals surface area contributed by atoms with E-state index < -0.39 is 11.7 Å². The van der Waals surface area contributed by atoms with Gasteiger partial charge in [-0.25, -0.2) is 0 Å². The van der Waals surface area contributed by atoms with Crippen molar-refractivity contribution in [2.45, 2.75) is 26.1 Å². The number of alkyl halides is 3. The molecule has 0 spiro atoms. The van der Waals surface area contributed by atoms with Crippen LogP contribution in [0.25, 0.3) is 0 Å². The van der Waals surface area contributed by atoms with Gasteiger partial charge in [0.05, 0.1) is 5.56 Å². The van der Waals surface area contributed by atoms with Crippen LogP contribution in [0.1, 0.15) is 29.7 Å². The molecule has 1 nitrogen and oxygen atoms in total. The molecule has 1 N–H and O–H groups in total. The van der Waals surface area contributed by atoms with Crippen molar-refractivity contribution in [2.24, 2.45) is 0 Å². The smallest absolute Gasteiger partial charge is 0.379 e. The molecule has 0 aliphatic rings. The van der Waals surface area contributed by atoms with Gasteiger partial charge in [-0.15, -0.1) is 0 Å². The van der Waals surface area contributed by atoms with Crippen LogP contribution in [0.4, 0.5) is 18.9 Å². The van der Waals surface area contributed by atoms with Gasteiger partial charge in [-0.05, 0) is 37.6 Å². The van der Waals surface area contributed by atoms with Crippen LogP contribution in [0, 0.1) is 6.92 Å². The summed E-state index contributed by atoms with van der Waals surface area (Å²) < 4.78 is 38.0. The van der Waals surface area contributed by atoms with Crippen LogP contribution in [0.15, 0.2) is 48.5 Å². The molecule has 2 rings (SSSR count). The minimum atomic E-state index is -4.32. The number of aryl methyl sites for hydroxylation is 1. The maximum atomic E-state index is 12.7. The molecule has 0 fully saturated rings. The summed E-state index contributed by atoms with van der Waals surface area (Å²) in [5.74, 6) is 0. The van der Waals surface area contributed by atoms with Crippen molar-refractivity contribution >= 4 is 5.69 Å². The van der Waals surface area contributed by atoms with Gasteiger partial charge < -0.3 is 5.32 Å². The zero-order chi connectivity index (χ0) is 14.8. The van der Waals surface area contributed by atoms with Crippen molar-refractivity contribution < 1.29 is 13.2 Å². The van der Waals surface area contributed by atoms with Crippen LogP contribution in [0.2, 0.25) is 0 Å². The van der Waals surface area contributed by atoms with Crippen LogP contribution in [-0.4, -0.2) is 0 Å². The number of halogens is 3. The highest BCUT2D eigenvalue weighted by Gasteiger charge is 2.30. The summed E-state index contributed by atoms with van der Waals surface area (Å²) >= 11 is 0. The van der Waals surface area contributed by atoms with E-state index in [-0.39, 0.29) is 6.04 Å². The first-order valence-corrected chi connectivity index (χ1v) is 6.36. The summed E-state index contributed by atoms with van der Waals surface area (Å²) in [5.41, 5.74) is 2.00. The maximum Gasteiger partial charge on any atom is 0.416 e. The van der Waals surface area contributed by atoms with Crippen molar-refractivity contribution in [3.63, 3.8) is 0 Å². The zero-order valence-electron chi connectivity index (χ0n) is 11.3. The Balaban J connectivity index is 2.18. The first kappa shape index (κ1) is 14.4. The van der Waals surface area contributed by atoms with E-state index in [1.54, 1.807) is 6.07 Å². The highest BCUT2D eigenvalue weighted by atomic mass is 19.4. The summed E-state index contributed by atoms with van der Waals surface area (Å²) in [6.45, 7) is 3.91. The fourth-order valence-corrected chi connectivity index (χ4v) is 2.06. The molecule has 4 heteroatoms. The highest BCUT2D eigenvalue weighted by molar-refractivity contribution is 5.48. The second-order valence-corrected chi connectivity index (χ2v) is 4.86. The van der Waals surface area contributed by atoms with Crippen molar-refractivity contribution in [3.05, 3.63) is 65.2 Å². The predicted octanol–water partition coefficient (Wildman–Crippen LogP) is 5.19. The van der Waals surface area contributed by atoms with Crippen molar-refractivity contribution in [1.29, 1.82) is 0 Å². The summed E-state index contributed by atoms with van der Waals surface area (Å²) in [6, 6.07) is 13.1. The fourth-order valence-electron chi connectivity index (χ4n) is 2.06. The van der Waals surface area contributed by atoms with Gasteiger partial charge in [0.1, 0.15) is 0 Å². The fraction of sp³-hybridized carbons (Fsp3) is 0.250. The molecule has 1 unspecified atom stereocenters. The second kappa shape index (κ2) is 5.57. The topological polar surface area (TPSA) is 12.0 Å². The SMILES string of the molecule is Cc1cccc(C(C)Nc2cccc(C(F)(F)F)c2)c1. The number of anilines is 1. The van der Waals surface area contributed by atoms with Crippen LogP contribution < -0.4 is 5.32 Å². The first-order valence-electron chi connectivity index (χ1n) is 6.36. The lowest BCUT2D eigenvalue weighted by molar-refractivity contribution is -0.137. The lowest BCUT2D eigenvalue weighted by Gasteiger charge is -2.17. The Labute approximate surface area is 116 Å². The number of hydrogen-bond donors (Lipinski definition) is 1. The Hall–Kier alpha value is -1.97. The highest BCUT2D eigenvalue weighted by Crippen LogP contribution is 2.31. The van der Waals surface area contributed by atoms with E-state index in [1.165, 1.54) is 6.07 Å². The molecular weight excluding hydrogens is 263 g/mol. The van der Waals surface area contributed by atoms with E-state index in [4.69, 9.17) is 0 Å². The van der Waals surface area contributed by atoms with Gasteiger partial charge >= 0.3 is 6.18 Å². The van der Waals surface area contributed by atoms with E-state index in [2.05, 4.69) is 5.32 Å². The molecule has 20 heavy (non-hydrogen) atoms. The van der Waals surface area contributed by atoms with Gasteiger partial charge in [0, 0.05) is 11.7 Å². The zero-order valence-corrected chi connectivity index (χ0v) is 11.3. The lowest BCUT2D eigenvalue weighted by Crippen LogP contribution is -2.09. The molecule has 0 bridgehead atoms. The van der Waals surface area contributed by atoms with E-state index in [9.17, 15) is 13.2 Å². The Morgan fingerprint density at radius 1 is 1.00 bits per heavy atom. The molecule has 0 saturated carbocycles. The standard InChI is InChI=1S/C16H16F3N/c1-11-5-3-6-13(9-11)12(2)20-15-8-4-7-14(10-15)16(17,18)19/h3-10,12,20H,1-2H3. The number of benzene rings is 2. The molecule has 0 aliphatic heterocycles. The van der Waals surface area contributed by atoms with Gasteiger partial charge in [-0.3, -0.25) is 0 Å². The average Bonchev–Trinajstić information content (AvgIpc) is 2.38. The molecule has 106 valence electrons. The summed E-state index contributed by atoms with van der Waals surface area (Å²) in [4.78, 5) is 0. The molecule has 2 aromatic rings. The molecule has 0 saturated heterocycles. The van der Waals surface area contributed by atoms with Crippen LogP contribution in [-0.2, 0) is 6.18 Å². The number of nitrogens with one attached hydrogen (secondary N) is 1. The second-order valence-electron chi connectivity index (χ2n) is 4.86. The summed E-state index contributed by atoms with van der Waals surface area (Å²) in [5, 5.41) is 3.10. The molecule has 0 heterocycles. The predicted molar refractivity (Wildman–Crippen MR) is 74.7 cm³/mol. The molecule has 0 radical (unpaired) electrons. The molecule has 0 amide bonds. The minimum absolute atomic E-state index is 0.0571. The van der Waals surface area contributed by atoms with Gasteiger partial charge in [0.15, 0.2) is 0 Å². The van der Waals surface area contributed by atoms with Crippen LogP contribution in [0.5, 0.6) is 0 Å². The average molecular weight is 279 g/mol. The monoisotopic (exact) mass is 279 g/mol. The maximum absolute atomic E-state index is 12.7. The van der Waals surface area contributed by atoms with E-state index in [1.807, 2.05) is 38.1 Å². The Morgan fingerprint density at radius 2 is 1.70 bits per heavy atom. The first-order chi connectivity index (χ1) is 9.36. The van der Waals surface area contributed by atoms with Gasteiger partial charge in [0.2, 0.25) is 0 Å². The van der Waals surface area contributed by atoms with Crippen LogP contribution in [0.3, 0.4) is 0 Å². The van der Waals surface area contributed by atoms with Crippen LogP contribution >= 0.6 is 0 Å². The van der Waals surface area contributed by atoms with Gasteiger partial charge in [0.25, 0.3) is 0 Å². The van der Waals surface area contributed by atoms with Crippen molar-refractivity contribution in [3.8, 4) is 0 Å². The minimum Gasteiger partial charge on any atom is -0.379 e. The van der Waals surface area contributed by atoms with E-state index in [0.29, 0.717) is 5.69 Å². The Kier molecular flexibility index (Phi) is 4.02. The molecule has 2 aromatic carbocycles. The third-order valence-corrected chi connectivity index (χ3v) is 3.12. The summed E-state index contributed by atoms with van der Waals surface area (Å²) in [7, 11) is 0. The number of hydrogen-bond acceptors (Lipinski definition) is 1. The Bertz CT molecular complexity index is 590. The molecule has 0 aliphatic carbocycles. The third kappa shape index (κ3) is 3.53. The largest absolute Gasteiger partial charge is 0.416 e. The molecule has 0 aromatic heterocycles. The Morgan fingerprint density at radius 3 is 2.35 bits per heavy atom. The van der Waals surface area contributed by atoms with Gasteiger partial charge in [-0.2, -0.15) is 13.2 Å². The van der Waals surface area contributed by atoms with Crippen molar-refractivity contribution in [2.75, 3.05) is 5.32 Å². The third-order valence-electron chi connectivity index (χ3n) is 3.12. The van der Waals surface area contributed by atoms with Crippen molar-refractivity contribution in [1.82, 2.24) is 0 Å². The molecular formula is C16H16F3N. The summed E-state index contributed by atoms with van der Waals surface area (Å²) in [6.07, 6.45) is -4.32.